The van der Waals surface area contributed by atoms with Gasteiger partial charge in [-0.15, -0.1) is 19.4 Å². The van der Waals surface area contributed by atoms with Crippen LogP contribution in [0.3, 0.4) is 0 Å². The van der Waals surface area contributed by atoms with Crippen molar-refractivity contribution in [3.63, 3.8) is 0 Å². The van der Waals surface area contributed by atoms with Gasteiger partial charge in [-0.3, -0.25) is 9.79 Å². The van der Waals surface area contributed by atoms with Gasteiger partial charge >= 0.3 is 0 Å². The maximum atomic E-state index is 12.9. The zero-order valence-corrected chi connectivity index (χ0v) is 17.6. The third kappa shape index (κ3) is 7.59. The number of allylic oxidation sites excluding steroid dienone is 2. The summed E-state index contributed by atoms with van der Waals surface area (Å²) in [5.74, 6) is -0.330. The van der Waals surface area contributed by atoms with E-state index in [-0.39, 0.29) is 17.8 Å². The molecule has 1 unspecified atom stereocenters. The van der Waals surface area contributed by atoms with Crippen molar-refractivity contribution >= 4 is 38.8 Å². The number of hydrogen-bond acceptors (Lipinski definition) is 3. The highest BCUT2D eigenvalue weighted by atomic mass is 79.9. The fraction of sp³-hybridized carbons (Fsp3) is 0.300. The van der Waals surface area contributed by atoms with Crippen LogP contribution in [0.1, 0.15) is 32.4 Å². The van der Waals surface area contributed by atoms with Gasteiger partial charge < -0.3 is 5.32 Å². The average Bonchev–Trinajstić information content (AvgIpc) is 2.91. The Morgan fingerprint density at radius 3 is 2.42 bits per heavy atom. The van der Waals surface area contributed by atoms with Crippen molar-refractivity contribution in [3.8, 4) is 12.8 Å². The lowest BCUT2D eigenvalue weighted by atomic mass is 10.1. The van der Waals surface area contributed by atoms with Crippen molar-refractivity contribution in [1.82, 2.24) is 5.32 Å². The number of thioether (sulfide) groups is 1. The van der Waals surface area contributed by atoms with Crippen molar-refractivity contribution in [3.05, 3.63) is 60.5 Å². The predicted octanol–water partition coefficient (Wildman–Crippen LogP) is 5.26. The van der Waals surface area contributed by atoms with E-state index in [1.54, 1.807) is 18.2 Å². The number of alkyl halides is 1. The summed E-state index contributed by atoms with van der Waals surface area (Å²) in [6.45, 7) is 9.09. The van der Waals surface area contributed by atoms with Gasteiger partial charge in [-0.05, 0) is 38.5 Å². The number of hydrogen-bond donors (Lipinski definition) is 1. The average molecular weight is 439 g/mol. The second-order valence-electron chi connectivity index (χ2n) is 5.27. The Morgan fingerprint density at radius 2 is 1.96 bits per heavy atom. The molecule has 0 aromatic heterocycles. The number of amidine groups is 1. The molecule has 1 fully saturated rings. The van der Waals surface area contributed by atoms with Gasteiger partial charge in [-0.2, -0.15) is 0 Å². The van der Waals surface area contributed by atoms with E-state index in [0.717, 1.165) is 10.9 Å². The number of nitrogens with one attached hydrogen (secondary N) is 1. The van der Waals surface area contributed by atoms with Crippen molar-refractivity contribution < 1.29 is 9.18 Å². The Bertz CT molecular complexity index is 670. The highest BCUT2D eigenvalue weighted by Crippen LogP contribution is 2.34. The van der Waals surface area contributed by atoms with Gasteiger partial charge in [0.25, 0.3) is 0 Å². The lowest BCUT2D eigenvalue weighted by Gasteiger charge is -2.12. The molecule has 2 atom stereocenters. The molecule has 1 aromatic carbocycles. The fourth-order valence-corrected chi connectivity index (χ4v) is 3.08. The summed E-state index contributed by atoms with van der Waals surface area (Å²) in [6.07, 6.45) is 13.5. The first-order valence-electron chi connectivity index (χ1n) is 7.84. The van der Waals surface area contributed by atoms with Gasteiger partial charge in [0.15, 0.2) is 5.17 Å². The molecule has 1 heterocycles. The standard InChI is InChI=1S/C15H17FN2OS.C3H5Br.C2H2/c1-4-9-15(3)13(19)18-14(20-15)17-10(2)11-5-7-12(16)8-6-11;1-2-3-4;1-2/h4-10H,1-3H3,(H,17,18,19);2H,1,3H2;1-2H/b9-4+;;/t10-,15?;;/m0../s1. The third-order valence-electron chi connectivity index (χ3n) is 3.24. The molecule has 0 saturated carbocycles. The summed E-state index contributed by atoms with van der Waals surface area (Å²) in [7, 11) is 0. The first kappa shape index (κ1) is 24.2. The van der Waals surface area contributed by atoms with Gasteiger partial charge in [0.05, 0.1) is 6.04 Å². The molecule has 0 aliphatic carbocycles. The molecule has 140 valence electrons. The summed E-state index contributed by atoms with van der Waals surface area (Å²) in [5, 5.41) is 4.29. The Labute approximate surface area is 168 Å². The molecule has 1 N–H and O–H groups in total. The number of amides is 1. The molecule has 0 spiro atoms. The smallest absolute Gasteiger partial charge is 0.246 e. The van der Waals surface area contributed by atoms with Crippen LogP contribution in [0.5, 0.6) is 0 Å². The summed E-state index contributed by atoms with van der Waals surface area (Å²) >= 11 is 4.53. The van der Waals surface area contributed by atoms with Crippen LogP contribution in [0.25, 0.3) is 0 Å². The molecular weight excluding hydrogens is 415 g/mol. The highest BCUT2D eigenvalue weighted by molar-refractivity contribution is 9.09. The minimum atomic E-state index is -0.601. The van der Waals surface area contributed by atoms with E-state index in [1.165, 1.54) is 23.9 Å². The Balaban J connectivity index is 0.000000920. The van der Waals surface area contributed by atoms with Crippen LogP contribution in [0.2, 0.25) is 0 Å². The SMILES string of the molecule is C#C.C/C=C/C1(C)SC(=N[C@@H](C)c2ccc(F)cc2)NC1=O.C=CCBr. The van der Waals surface area contributed by atoms with Crippen LogP contribution < -0.4 is 5.32 Å². The van der Waals surface area contributed by atoms with E-state index < -0.39 is 4.75 Å². The molecular formula is C20H24BrFN2OS. The van der Waals surface area contributed by atoms with Crippen molar-refractivity contribution in [2.75, 3.05) is 5.33 Å². The molecule has 1 aliphatic heterocycles. The third-order valence-corrected chi connectivity index (χ3v) is 4.84. The molecule has 1 aliphatic rings. The molecule has 0 bridgehead atoms. The normalized spacial score (nSPS) is 21.2. The predicted molar refractivity (Wildman–Crippen MR) is 115 cm³/mol. The van der Waals surface area contributed by atoms with Crippen LogP contribution in [-0.2, 0) is 4.79 Å². The van der Waals surface area contributed by atoms with E-state index >= 15 is 0 Å². The van der Waals surface area contributed by atoms with Crippen LogP contribution in [-0.4, -0.2) is 21.2 Å². The number of rotatable bonds is 4. The largest absolute Gasteiger partial charge is 0.304 e. The topological polar surface area (TPSA) is 41.5 Å². The van der Waals surface area contributed by atoms with Gasteiger partial charge in [0.1, 0.15) is 10.6 Å². The molecule has 1 aromatic rings. The number of nitrogens with zero attached hydrogens (tertiary/aromatic N) is 1. The summed E-state index contributed by atoms with van der Waals surface area (Å²) in [6, 6.07) is 6.10. The zero-order valence-electron chi connectivity index (χ0n) is 15.2. The lowest BCUT2D eigenvalue weighted by molar-refractivity contribution is -0.120. The molecule has 1 amide bonds. The quantitative estimate of drug-likeness (QED) is 0.395. The molecule has 2 rings (SSSR count). The number of halogens is 2. The van der Waals surface area contributed by atoms with E-state index in [9.17, 15) is 9.18 Å². The molecule has 1 saturated heterocycles. The van der Waals surface area contributed by atoms with Crippen LogP contribution in [0.4, 0.5) is 4.39 Å². The first-order valence-corrected chi connectivity index (χ1v) is 9.77. The first-order chi connectivity index (χ1) is 12.4. The maximum Gasteiger partial charge on any atom is 0.246 e. The monoisotopic (exact) mass is 438 g/mol. The summed E-state index contributed by atoms with van der Waals surface area (Å²) in [5.41, 5.74) is 0.911. The minimum absolute atomic E-state index is 0.0642. The Kier molecular flexibility index (Phi) is 11.6. The fourth-order valence-electron chi connectivity index (χ4n) is 1.97. The number of aliphatic imine (C=N–C) groups is 1. The van der Waals surface area contributed by atoms with Crippen LogP contribution in [0.15, 0.2) is 54.1 Å². The van der Waals surface area contributed by atoms with E-state index in [4.69, 9.17) is 0 Å². The molecule has 0 radical (unpaired) electrons. The van der Waals surface area contributed by atoms with E-state index in [1.807, 2.05) is 32.9 Å². The number of benzene rings is 1. The van der Waals surface area contributed by atoms with Gasteiger partial charge in [0.2, 0.25) is 5.91 Å². The van der Waals surface area contributed by atoms with Gasteiger partial charge in [-0.25, -0.2) is 4.39 Å². The van der Waals surface area contributed by atoms with Crippen LogP contribution >= 0.6 is 27.7 Å². The Morgan fingerprint density at radius 1 is 1.42 bits per heavy atom. The molecule has 6 heteroatoms. The number of terminal acetylenes is 1. The second-order valence-corrected chi connectivity index (χ2v) is 7.35. The van der Waals surface area contributed by atoms with Crippen molar-refractivity contribution in [2.24, 2.45) is 4.99 Å². The minimum Gasteiger partial charge on any atom is -0.304 e. The Hall–Kier alpha value is -1.84. The summed E-state index contributed by atoms with van der Waals surface area (Å²) in [4.78, 5) is 16.4. The van der Waals surface area contributed by atoms with Gasteiger partial charge in [0, 0.05) is 5.33 Å². The lowest BCUT2D eigenvalue weighted by Crippen LogP contribution is -2.32. The summed E-state index contributed by atoms with van der Waals surface area (Å²) < 4.78 is 12.3. The maximum absolute atomic E-state index is 12.9. The zero-order chi connectivity index (χ0) is 20.2. The van der Waals surface area contributed by atoms with Crippen molar-refractivity contribution in [2.45, 2.75) is 31.6 Å². The second kappa shape index (κ2) is 12.5. The molecule has 26 heavy (non-hydrogen) atoms. The van der Waals surface area contributed by atoms with E-state index in [0.29, 0.717) is 5.17 Å². The number of carbonyl (C=O) groups is 1. The number of carbonyl (C=O) groups excluding carboxylic acids is 1. The van der Waals surface area contributed by atoms with E-state index in [2.05, 4.69) is 45.7 Å². The van der Waals surface area contributed by atoms with Crippen LogP contribution in [0, 0.1) is 18.7 Å². The van der Waals surface area contributed by atoms with Crippen molar-refractivity contribution in [1.29, 1.82) is 0 Å². The highest BCUT2D eigenvalue weighted by Gasteiger charge is 2.40. The van der Waals surface area contributed by atoms with Gasteiger partial charge in [-0.1, -0.05) is 58.1 Å². The molecule has 3 nitrogen and oxygen atoms in total.